The second-order valence-corrected chi connectivity index (χ2v) is 6.36. The standard InChI is InChI=1S/C15H16BrNO2/c1-9-8-10(16)6-7-13(9)17-14(18)11-4-2-3-5-12(11)15(17)19/h6-8,11-12H,2-5H2,1H3/t11-,12-/m0/s1. The lowest BCUT2D eigenvalue weighted by atomic mass is 9.81. The van der Waals surface area contributed by atoms with Crippen LogP contribution in [0, 0.1) is 18.8 Å². The molecule has 0 bridgehead atoms. The first-order chi connectivity index (χ1) is 9.09. The zero-order valence-corrected chi connectivity index (χ0v) is 12.4. The molecule has 0 radical (unpaired) electrons. The maximum Gasteiger partial charge on any atom is 0.237 e. The highest BCUT2D eigenvalue weighted by Crippen LogP contribution is 2.41. The minimum Gasteiger partial charge on any atom is -0.274 e. The summed E-state index contributed by atoms with van der Waals surface area (Å²) in [6.07, 6.45) is 3.85. The molecular formula is C15H16BrNO2. The smallest absolute Gasteiger partial charge is 0.237 e. The summed E-state index contributed by atoms with van der Waals surface area (Å²) in [6, 6.07) is 5.68. The highest BCUT2D eigenvalue weighted by atomic mass is 79.9. The first-order valence-electron chi connectivity index (χ1n) is 6.73. The second-order valence-electron chi connectivity index (χ2n) is 5.44. The number of aryl methyl sites for hydroxylation is 1. The lowest BCUT2D eigenvalue weighted by Crippen LogP contribution is -2.31. The van der Waals surface area contributed by atoms with Gasteiger partial charge in [0.25, 0.3) is 0 Å². The fraction of sp³-hybridized carbons (Fsp3) is 0.467. The van der Waals surface area contributed by atoms with Crippen LogP contribution in [0.2, 0.25) is 0 Å². The largest absolute Gasteiger partial charge is 0.274 e. The normalized spacial score (nSPS) is 26.7. The Morgan fingerprint density at radius 1 is 1.11 bits per heavy atom. The molecule has 1 saturated carbocycles. The van der Waals surface area contributed by atoms with Crippen molar-refractivity contribution < 1.29 is 9.59 Å². The Bertz CT molecular complexity index is 531. The molecule has 100 valence electrons. The predicted octanol–water partition coefficient (Wildman–Crippen LogP) is 3.44. The van der Waals surface area contributed by atoms with E-state index in [9.17, 15) is 9.59 Å². The van der Waals surface area contributed by atoms with E-state index in [2.05, 4.69) is 15.9 Å². The molecule has 2 aliphatic rings. The van der Waals surface area contributed by atoms with Crippen molar-refractivity contribution in [3.05, 3.63) is 28.2 Å². The number of anilines is 1. The molecule has 2 atom stereocenters. The molecule has 1 saturated heterocycles. The van der Waals surface area contributed by atoms with Crippen LogP contribution in [0.1, 0.15) is 31.2 Å². The predicted molar refractivity (Wildman–Crippen MR) is 76.8 cm³/mol. The number of imide groups is 1. The van der Waals surface area contributed by atoms with Crippen molar-refractivity contribution in [2.24, 2.45) is 11.8 Å². The maximum absolute atomic E-state index is 12.5. The van der Waals surface area contributed by atoms with Gasteiger partial charge in [-0.25, -0.2) is 4.90 Å². The summed E-state index contributed by atoms with van der Waals surface area (Å²) in [6.45, 7) is 1.93. The zero-order chi connectivity index (χ0) is 13.6. The van der Waals surface area contributed by atoms with Crippen LogP contribution in [0.15, 0.2) is 22.7 Å². The molecule has 0 spiro atoms. The lowest BCUT2D eigenvalue weighted by molar-refractivity contribution is -0.122. The topological polar surface area (TPSA) is 37.4 Å². The first kappa shape index (κ1) is 12.9. The number of hydrogen-bond donors (Lipinski definition) is 0. The monoisotopic (exact) mass is 321 g/mol. The molecule has 1 aliphatic heterocycles. The molecule has 3 nitrogen and oxygen atoms in total. The van der Waals surface area contributed by atoms with Gasteiger partial charge < -0.3 is 0 Å². The Morgan fingerprint density at radius 3 is 2.21 bits per heavy atom. The second kappa shape index (κ2) is 4.75. The fourth-order valence-electron chi connectivity index (χ4n) is 3.27. The molecule has 1 heterocycles. The Kier molecular flexibility index (Phi) is 3.21. The highest BCUT2D eigenvalue weighted by Gasteiger charge is 2.48. The van der Waals surface area contributed by atoms with Crippen molar-refractivity contribution in [2.45, 2.75) is 32.6 Å². The Labute approximate surface area is 121 Å². The number of rotatable bonds is 1. The minimum absolute atomic E-state index is 0.000113. The van der Waals surface area contributed by atoms with Gasteiger partial charge in [0.2, 0.25) is 11.8 Å². The Balaban J connectivity index is 2.00. The van der Waals surface area contributed by atoms with Gasteiger partial charge in [-0.3, -0.25) is 9.59 Å². The number of hydrogen-bond acceptors (Lipinski definition) is 2. The molecule has 1 aromatic carbocycles. The summed E-state index contributed by atoms with van der Waals surface area (Å²) in [4.78, 5) is 26.4. The summed E-state index contributed by atoms with van der Waals surface area (Å²) in [5.41, 5.74) is 1.70. The van der Waals surface area contributed by atoms with Gasteiger partial charge in [-0.2, -0.15) is 0 Å². The summed E-state index contributed by atoms with van der Waals surface area (Å²) >= 11 is 3.41. The number of benzene rings is 1. The van der Waals surface area contributed by atoms with Crippen molar-refractivity contribution in [1.82, 2.24) is 0 Å². The van der Waals surface area contributed by atoms with Gasteiger partial charge in [0.05, 0.1) is 17.5 Å². The average Bonchev–Trinajstić information content (AvgIpc) is 2.64. The van der Waals surface area contributed by atoms with Crippen LogP contribution in [-0.4, -0.2) is 11.8 Å². The van der Waals surface area contributed by atoms with Crippen LogP contribution >= 0.6 is 15.9 Å². The molecule has 2 fully saturated rings. The Morgan fingerprint density at radius 2 is 1.68 bits per heavy atom. The van der Waals surface area contributed by atoms with Crippen molar-refractivity contribution in [3.63, 3.8) is 0 Å². The van der Waals surface area contributed by atoms with Gasteiger partial charge >= 0.3 is 0 Å². The number of nitrogens with zero attached hydrogens (tertiary/aromatic N) is 1. The van der Waals surface area contributed by atoms with E-state index in [-0.39, 0.29) is 23.7 Å². The molecule has 19 heavy (non-hydrogen) atoms. The van der Waals surface area contributed by atoms with Crippen LogP contribution in [0.25, 0.3) is 0 Å². The summed E-state index contributed by atoms with van der Waals surface area (Å²) in [5.74, 6) is -0.158. The minimum atomic E-state index is -0.0794. The van der Waals surface area contributed by atoms with Gasteiger partial charge in [0, 0.05) is 4.47 Å². The highest BCUT2D eigenvalue weighted by molar-refractivity contribution is 9.10. The van der Waals surface area contributed by atoms with Crippen molar-refractivity contribution >= 4 is 33.4 Å². The number of amides is 2. The van der Waals surface area contributed by atoms with Gasteiger partial charge in [-0.1, -0.05) is 28.8 Å². The van der Waals surface area contributed by atoms with Crippen molar-refractivity contribution in [2.75, 3.05) is 4.90 Å². The summed E-state index contributed by atoms with van der Waals surface area (Å²) in [5, 5.41) is 0. The number of fused-ring (bicyclic) bond motifs is 1. The van der Waals surface area contributed by atoms with E-state index >= 15 is 0 Å². The third kappa shape index (κ3) is 2.02. The quantitative estimate of drug-likeness (QED) is 0.743. The summed E-state index contributed by atoms with van der Waals surface area (Å²) < 4.78 is 0.963. The van der Waals surface area contributed by atoms with E-state index in [1.165, 1.54) is 4.90 Å². The molecule has 4 heteroatoms. The van der Waals surface area contributed by atoms with Gasteiger partial charge in [-0.05, 0) is 43.5 Å². The Hall–Kier alpha value is -1.16. The van der Waals surface area contributed by atoms with Gasteiger partial charge in [0.15, 0.2) is 0 Å². The third-order valence-corrected chi connectivity index (χ3v) is 4.73. The third-order valence-electron chi connectivity index (χ3n) is 4.24. The zero-order valence-electron chi connectivity index (χ0n) is 10.9. The molecule has 1 aliphatic carbocycles. The van der Waals surface area contributed by atoms with E-state index < -0.39 is 0 Å². The number of carbonyl (C=O) groups excluding carboxylic acids is 2. The molecule has 2 amide bonds. The van der Waals surface area contributed by atoms with Crippen LogP contribution in [-0.2, 0) is 9.59 Å². The van der Waals surface area contributed by atoms with E-state index in [0.29, 0.717) is 0 Å². The van der Waals surface area contributed by atoms with Crippen molar-refractivity contribution in [3.8, 4) is 0 Å². The molecule has 3 rings (SSSR count). The number of halogens is 1. The van der Waals surface area contributed by atoms with Gasteiger partial charge in [-0.15, -0.1) is 0 Å². The fourth-order valence-corrected chi connectivity index (χ4v) is 3.75. The average molecular weight is 322 g/mol. The number of carbonyl (C=O) groups is 2. The van der Waals surface area contributed by atoms with Crippen LogP contribution in [0.5, 0.6) is 0 Å². The first-order valence-corrected chi connectivity index (χ1v) is 7.53. The molecule has 1 aromatic rings. The van der Waals surface area contributed by atoms with E-state index in [4.69, 9.17) is 0 Å². The van der Waals surface area contributed by atoms with Gasteiger partial charge in [0.1, 0.15) is 0 Å². The van der Waals surface area contributed by atoms with E-state index in [1.54, 1.807) is 0 Å². The van der Waals surface area contributed by atoms with Crippen LogP contribution < -0.4 is 4.90 Å². The van der Waals surface area contributed by atoms with Crippen LogP contribution in [0.4, 0.5) is 5.69 Å². The lowest BCUT2D eigenvalue weighted by Gasteiger charge is -2.19. The van der Waals surface area contributed by atoms with E-state index in [0.717, 1.165) is 41.4 Å². The SMILES string of the molecule is Cc1cc(Br)ccc1N1C(=O)[C@H]2CCCC[C@@H]2C1=O. The molecule has 0 aromatic heterocycles. The molecule has 0 unspecified atom stereocenters. The summed E-state index contributed by atoms with van der Waals surface area (Å²) in [7, 11) is 0. The van der Waals surface area contributed by atoms with Crippen LogP contribution in [0.3, 0.4) is 0 Å². The van der Waals surface area contributed by atoms with Crippen molar-refractivity contribution in [1.29, 1.82) is 0 Å². The molecule has 0 N–H and O–H groups in total. The maximum atomic E-state index is 12.5. The van der Waals surface area contributed by atoms with E-state index in [1.807, 2.05) is 25.1 Å². The molecular weight excluding hydrogens is 306 g/mol.